The van der Waals surface area contributed by atoms with Gasteiger partial charge in [0, 0.05) is 14.9 Å². The first-order valence-corrected chi connectivity index (χ1v) is 11.0. The number of benzene rings is 3. The van der Waals surface area contributed by atoms with Crippen LogP contribution in [0.2, 0.25) is 10.0 Å². The topological polar surface area (TPSA) is 26.3 Å². The van der Waals surface area contributed by atoms with E-state index in [9.17, 15) is 4.79 Å². The maximum Gasteiger partial charge on any atom is 0.323 e. The molecule has 0 spiro atoms. The molecule has 0 atom stereocenters. The Balaban J connectivity index is 2.03. The van der Waals surface area contributed by atoms with Gasteiger partial charge >= 0.3 is 5.97 Å². The lowest BCUT2D eigenvalue weighted by Crippen LogP contribution is -2.41. The molecule has 0 unspecified atom stereocenters. The smallest absolute Gasteiger partial charge is 0.323 e. The molecule has 0 amide bonds. The summed E-state index contributed by atoms with van der Waals surface area (Å²) in [5, 5.41) is 1.34. The van der Waals surface area contributed by atoms with Gasteiger partial charge in [-0.15, -0.1) is 11.8 Å². The van der Waals surface area contributed by atoms with Crippen LogP contribution in [-0.2, 0) is 22.4 Å². The Bertz CT molecular complexity index is 878. The molecular formula is C24H22Cl2O2S. The van der Waals surface area contributed by atoms with E-state index in [-0.39, 0.29) is 5.97 Å². The maximum absolute atomic E-state index is 13.3. The summed E-state index contributed by atoms with van der Waals surface area (Å²) in [5.41, 5.74) is 2.06. The van der Waals surface area contributed by atoms with Crippen LogP contribution in [0.3, 0.4) is 0 Å². The summed E-state index contributed by atoms with van der Waals surface area (Å²) in [5.74, 6) is -0.223. The number of rotatable bonds is 8. The van der Waals surface area contributed by atoms with E-state index < -0.39 is 4.75 Å². The molecule has 3 aromatic rings. The van der Waals surface area contributed by atoms with Gasteiger partial charge in [0.05, 0.1) is 6.61 Å². The first-order valence-electron chi connectivity index (χ1n) is 9.41. The molecule has 5 heteroatoms. The van der Waals surface area contributed by atoms with Gasteiger partial charge in [-0.1, -0.05) is 65.7 Å². The minimum Gasteiger partial charge on any atom is -0.465 e. The third-order valence-electron chi connectivity index (χ3n) is 4.51. The zero-order valence-electron chi connectivity index (χ0n) is 16.1. The van der Waals surface area contributed by atoms with Crippen LogP contribution in [0.4, 0.5) is 0 Å². The van der Waals surface area contributed by atoms with Crippen molar-refractivity contribution < 1.29 is 9.53 Å². The molecule has 3 aromatic carbocycles. The molecule has 29 heavy (non-hydrogen) atoms. The van der Waals surface area contributed by atoms with Gasteiger partial charge < -0.3 is 4.74 Å². The molecule has 2 nitrogen and oxygen atoms in total. The highest BCUT2D eigenvalue weighted by atomic mass is 35.5. The van der Waals surface area contributed by atoms with Crippen molar-refractivity contribution in [1.29, 1.82) is 0 Å². The quantitative estimate of drug-likeness (QED) is 0.280. The van der Waals surface area contributed by atoms with Crippen molar-refractivity contribution in [2.75, 3.05) is 6.61 Å². The predicted octanol–water partition coefficient (Wildman–Crippen LogP) is 6.87. The van der Waals surface area contributed by atoms with Crippen molar-refractivity contribution in [2.24, 2.45) is 0 Å². The van der Waals surface area contributed by atoms with Gasteiger partial charge in [-0.05, 0) is 67.3 Å². The van der Waals surface area contributed by atoms with Crippen molar-refractivity contribution in [2.45, 2.75) is 29.4 Å². The van der Waals surface area contributed by atoms with E-state index in [4.69, 9.17) is 27.9 Å². The molecule has 0 aliphatic carbocycles. The van der Waals surface area contributed by atoms with Crippen LogP contribution in [0, 0.1) is 0 Å². The van der Waals surface area contributed by atoms with Gasteiger partial charge in [-0.25, -0.2) is 0 Å². The van der Waals surface area contributed by atoms with Gasteiger partial charge in [-0.2, -0.15) is 0 Å². The third kappa shape index (κ3) is 6.02. The van der Waals surface area contributed by atoms with E-state index in [2.05, 4.69) is 0 Å². The fraction of sp³-hybridized carbons (Fsp3) is 0.208. The number of hydrogen-bond donors (Lipinski definition) is 0. The molecule has 0 N–H and O–H groups in total. The van der Waals surface area contributed by atoms with Crippen LogP contribution < -0.4 is 0 Å². The second-order valence-corrected chi connectivity index (χ2v) is 9.07. The molecule has 0 aromatic heterocycles. The minimum atomic E-state index is -0.820. The van der Waals surface area contributed by atoms with Gasteiger partial charge in [0.2, 0.25) is 0 Å². The lowest BCUT2D eigenvalue weighted by Gasteiger charge is -2.31. The largest absolute Gasteiger partial charge is 0.465 e. The second kappa shape index (κ2) is 10.2. The summed E-state index contributed by atoms with van der Waals surface area (Å²) < 4.78 is 4.74. The fourth-order valence-corrected chi connectivity index (χ4v) is 4.78. The summed E-state index contributed by atoms with van der Waals surface area (Å²) in [6.45, 7) is 2.16. The Morgan fingerprint density at radius 1 is 0.828 bits per heavy atom. The van der Waals surface area contributed by atoms with Crippen molar-refractivity contribution in [3.8, 4) is 0 Å². The van der Waals surface area contributed by atoms with Crippen LogP contribution in [0.1, 0.15) is 18.1 Å². The van der Waals surface area contributed by atoms with Crippen LogP contribution >= 0.6 is 35.0 Å². The van der Waals surface area contributed by atoms with E-state index in [1.807, 2.05) is 85.8 Å². The molecule has 0 aliphatic heterocycles. The third-order valence-corrected chi connectivity index (χ3v) is 6.37. The molecule has 0 saturated carbocycles. The van der Waals surface area contributed by atoms with Gasteiger partial charge in [-0.3, -0.25) is 4.79 Å². The average Bonchev–Trinajstić information content (AvgIpc) is 2.72. The summed E-state index contributed by atoms with van der Waals surface area (Å²) in [7, 11) is 0. The van der Waals surface area contributed by atoms with Crippen LogP contribution in [-0.4, -0.2) is 17.3 Å². The first kappa shape index (κ1) is 21.8. The Morgan fingerprint density at radius 3 is 1.76 bits per heavy atom. The van der Waals surface area contributed by atoms with Crippen LogP contribution in [0.25, 0.3) is 0 Å². The molecule has 0 heterocycles. The minimum absolute atomic E-state index is 0.223. The fourth-order valence-electron chi connectivity index (χ4n) is 3.16. The van der Waals surface area contributed by atoms with E-state index >= 15 is 0 Å². The Kier molecular flexibility index (Phi) is 7.65. The maximum atomic E-state index is 13.3. The van der Waals surface area contributed by atoms with Gasteiger partial charge in [0.15, 0.2) is 0 Å². The molecule has 150 valence electrons. The van der Waals surface area contributed by atoms with Crippen LogP contribution in [0.5, 0.6) is 0 Å². The monoisotopic (exact) mass is 444 g/mol. The molecule has 0 radical (unpaired) electrons. The number of esters is 1. The number of carbonyl (C=O) groups is 1. The van der Waals surface area contributed by atoms with Crippen molar-refractivity contribution in [3.63, 3.8) is 0 Å². The van der Waals surface area contributed by atoms with E-state index in [0.29, 0.717) is 29.5 Å². The van der Waals surface area contributed by atoms with Crippen molar-refractivity contribution in [1.82, 2.24) is 0 Å². The molecule has 0 bridgehead atoms. The zero-order valence-corrected chi connectivity index (χ0v) is 18.4. The second-order valence-electron chi connectivity index (χ2n) is 6.74. The number of halogens is 2. The number of hydrogen-bond acceptors (Lipinski definition) is 3. The predicted molar refractivity (Wildman–Crippen MR) is 122 cm³/mol. The normalized spacial score (nSPS) is 11.3. The number of carbonyl (C=O) groups excluding carboxylic acids is 1. The zero-order chi connectivity index (χ0) is 20.7. The highest BCUT2D eigenvalue weighted by Crippen LogP contribution is 2.40. The first-order chi connectivity index (χ1) is 14.0. The van der Waals surface area contributed by atoms with E-state index in [0.717, 1.165) is 16.0 Å². The van der Waals surface area contributed by atoms with Gasteiger partial charge in [0.25, 0.3) is 0 Å². The Labute approximate surface area is 186 Å². The highest BCUT2D eigenvalue weighted by Gasteiger charge is 2.41. The number of thioether (sulfide) groups is 1. The lowest BCUT2D eigenvalue weighted by molar-refractivity contribution is -0.146. The summed E-state index contributed by atoms with van der Waals surface area (Å²) in [4.78, 5) is 14.3. The SMILES string of the molecule is CCOC(=O)C(Cc1ccc(Cl)cc1)(Cc1ccc(Cl)cc1)Sc1ccccc1. The van der Waals surface area contributed by atoms with E-state index in [1.165, 1.54) is 0 Å². The van der Waals surface area contributed by atoms with E-state index in [1.54, 1.807) is 11.8 Å². The van der Waals surface area contributed by atoms with Crippen molar-refractivity contribution in [3.05, 3.63) is 100 Å². The summed E-state index contributed by atoms with van der Waals surface area (Å²) >= 11 is 13.7. The Hall–Kier alpha value is -1.94. The highest BCUT2D eigenvalue weighted by molar-refractivity contribution is 8.01. The standard InChI is InChI=1S/C24H22Cl2O2S/c1-2-28-23(27)24(29-22-6-4-3-5-7-22,16-18-8-12-20(25)13-9-18)17-19-10-14-21(26)15-11-19/h3-15H,2,16-17H2,1H3. The lowest BCUT2D eigenvalue weighted by atomic mass is 9.91. The molecule has 3 rings (SSSR count). The van der Waals surface area contributed by atoms with Crippen molar-refractivity contribution >= 4 is 40.9 Å². The molecule has 0 aliphatic rings. The molecule has 0 saturated heterocycles. The van der Waals surface area contributed by atoms with Crippen LogP contribution in [0.15, 0.2) is 83.8 Å². The average molecular weight is 445 g/mol. The van der Waals surface area contributed by atoms with Gasteiger partial charge in [0.1, 0.15) is 4.75 Å². The summed E-state index contributed by atoms with van der Waals surface area (Å²) in [6.07, 6.45) is 1.04. The Morgan fingerprint density at radius 2 is 1.31 bits per heavy atom. The molecular weight excluding hydrogens is 423 g/mol. The summed E-state index contributed by atoms with van der Waals surface area (Å²) in [6, 6.07) is 25.2. The number of ether oxygens (including phenoxy) is 1. The molecule has 0 fully saturated rings.